The van der Waals surface area contributed by atoms with Crippen molar-refractivity contribution in [2.75, 3.05) is 37.8 Å². The van der Waals surface area contributed by atoms with Crippen LogP contribution < -0.4 is 41.0 Å². The fourth-order valence-corrected chi connectivity index (χ4v) is 8.87. The van der Waals surface area contributed by atoms with Gasteiger partial charge in [-0.1, -0.05) is 55.9 Å². The fraction of sp³-hybridized carbons (Fsp3) is 0.469. The first-order valence-corrected chi connectivity index (χ1v) is 23.2. The van der Waals surface area contributed by atoms with Gasteiger partial charge >= 0.3 is 0 Å². The number of aliphatic carboxylic acids is 1. The maximum atomic E-state index is 12.6. The Morgan fingerprint density at radius 3 is 2.37 bits per heavy atom. The van der Waals surface area contributed by atoms with E-state index in [0.717, 1.165) is 42.8 Å². The van der Waals surface area contributed by atoms with E-state index in [0.29, 0.717) is 5.56 Å². The lowest BCUT2D eigenvalue weighted by Gasteiger charge is -2.36. The highest BCUT2D eigenvalue weighted by molar-refractivity contribution is 8.14. The second-order valence-electron chi connectivity index (χ2n) is 13.7. The van der Waals surface area contributed by atoms with Crippen molar-refractivity contribution in [3.05, 3.63) is 54.1 Å². The van der Waals surface area contributed by atoms with E-state index < -0.39 is 102 Å². The lowest BCUT2D eigenvalue weighted by molar-refractivity contribution is -0.347. The Morgan fingerprint density at radius 1 is 1.03 bits per heavy atom. The molecule has 0 radical (unpaired) electrons. The molecule has 1 aromatic carbocycles. The number of carboxylic acid groups (broad SMARTS) is 1. The van der Waals surface area contributed by atoms with Gasteiger partial charge < -0.3 is 78.9 Å². The Labute approximate surface area is 355 Å². The Morgan fingerprint density at radius 2 is 1.71 bits per heavy atom. The monoisotopic (exact) mass is 950 g/mol. The minimum absolute atomic E-state index is 0.00591. The van der Waals surface area contributed by atoms with Crippen molar-refractivity contribution in [3.8, 4) is 0 Å². The first-order chi connectivity index (χ1) is 28.9. The van der Waals surface area contributed by atoms with Crippen LogP contribution in [0.3, 0.4) is 0 Å². The number of nitrogens with two attached hydrogens (primary N) is 1. The number of carbonyl (C=O) groups is 4. The van der Waals surface area contributed by atoms with Crippen molar-refractivity contribution in [2.24, 2.45) is 5.41 Å². The van der Waals surface area contributed by atoms with Gasteiger partial charge in [-0.3, -0.25) is 28.1 Å². The van der Waals surface area contributed by atoms with E-state index in [1.807, 2.05) is 0 Å². The van der Waals surface area contributed by atoms with Crippen molar-refractivity contribution in [1.82, 2.24) is 30.2 Å². The summed E-state index contributed by atoms with van der Waals surface area (Å²) in [6.45, 7) is -0.319. The molecule has 0 spiro atoms. The Hall–Kier alpha value is -4.01. The molecule has 1 aliphatic heterocycles. The molecule has 1 fully saturated rings. The molecular formula is C32H39N7O19P3S-5. The van der Waals surface area contributed by atoms with Crippen molar-refractivity contribution >= 4 is 81.2 Å². The van der Waals surface area contributed by atoms with E-state index in [1.54, 1.807) is 30.3 Å². The Balaban J connectivity index is 1.21. The highest BCUT2D eigenvalue weighted by Crippen LogP contribution is 2.56. The van der Waals surface area contributed by atoms with Gasteiger partial charge in [0, 0.05) is 48.6 Å². The fourth-order valence-electron chi connectivity index (χ4n) is 5.43. The van der Waals surface area contributed by atoms with Crippen LogP contribution in [0, 0.1) is 5.41 Å². The molecular weight excluding hydrogens is 911 g/mol. The largest absolute Gasteiger partial charge is 0.790 e. The molecule has 1 saturated heterocycles. The zero-order valence-electron chi connectivity index (χ0n) is 32.4. The summed E-state index contributed by atoms with van der Waals surface area (Å²) in [6.07, 6.45) is -7.05. The number of carboxylic acids is 1. The third kappa shape index (κ3) is 15.1. The van der Waals surface area contributed by atoms with Gasteiger partial charge in [0.25, 0.3) is 15.6 Å². The molecule has 30 heteroatoms. The second-order valence-corrected chi connectivity index (χ2v) is 18.9. The van der Waals surface area contributed by atoms with Gasteiger partial charge in [-0.05, 0) is 11.6 Å². The standard InChI is InChI=1S/C32H44N7O19P3S/c1-32(2,26(44)29(45)35-9-8-21(40)34-10-11-62-31(46)19(13-22(41)42)12-18-6-4-3-5-7-18)15-55-61(52,53)58-60(50,51)54-14-20-25(57-59(47,48)49)24(43)30(56-20)39-17-38-23-27(33)36-16-37-28(23)39/h3-7,12,16-17,20,24-26,30,43-44H,8-11,13-15H2,1-2H3,(H,34,40)(H,35,45)(H,41,42)(H,50,51)(H,52,53)(H2,33,36,37)(H2,47,48,49)/p-5/b19-12-/t20-,24-,25-,26+,30-/m1/s1. The zero-order chi connectivity index (χ0) is 46.0. The maximum Gasteiger partial charge on any atom is 0.274 e. The number of benzene rings is 1. The van der Waals surface area contributed by atoms with E-state index in [4.69, 9.17) is 10.5 Å². The number of aliphatic hydroxyl groups is 2. The number of hydrogen-bond donors (Lipinski definition) is 5. The molecule has 7 atom stereocenters. The van der Waals surface area contributed by atoms with Crippen LogP contribution in [0.5, 0.6) is 0 Å². The summed E-state index contributed by atoms with van der Waals surface area (Å²) in [5, 5.41) is 36.8. The van der Waals surface area contributed by atoms with Crippen LogP contribution >= 0.6 is 35.2 Å². The molecule has 2 aromatic heterocycles. The number of nitrogen functional groups attached to an aromatic ring is 1. The van der Waals surface area contributed by atoms with Crippen LogP contribution in [0.25, 0.3) is 17.2 Å². The summed E-state index contributed by atoms with van der Waals surface area (Å²) in [5.41, 5.74) is 4.58. The van der Waals surface area contributed by atoms with Gasteiger partial charge in [-0.25, -0.2) is 19.3 Å². The van der Waals surface area contributed by atoms with E-state index in [9.17, 15) is 67.8 Å². The maximum absolute atomic E-state index is 12.6. The molecule has 0 bridgehead atoms. The Bertz CT molecular complexity index is 2260. The molecule has 62 heavy (non-hydrogen) atoms. The number of ether oxygens (including phenoxy) is 1. The number of phosphoric ester groups is 3. The van der Waals surface area contributed by atoms with Gasteiger partial charge in [-0.2, -0.15) is 0 Å². The van der Waals surface area contributed by atoms with E-state index >= 15 is 0 Å². The number of aliphatic hydroxyl groups excluding tert-OH is 2. The Kier molecular flexibility index (Phi) is 17.6. The summed E-state index contributed by atoms with van der Waals surface area (Å²) in [5.74, 6) is -3.11. The number of rotatable bonds is 23. The molecule has 4 rings (SSSR count). The molecule has 342 valence electrons. The predicted molar refractivity (Wildman–Crippen MR) is 202 cm³/mol. The summed E-state index contributed by atoms with van der Waals surface area (Å²) in [6, 6.07) is 8.53. The number of carbonyl (C=O) groups excluding carboxylic acids is 4. The van der Waals surface area contributed by atoms with E-state index in [2.05, 4.69) is 43.5 Å². The number of amides is 2. The molecule has 2 unspecified atom stereocenters. The van der Waals surface area contributed by atoms with Crippen molar-refractivity contribution < 1.29 is 90.4 Å². The number of imidazole rings is 1. The number of thioether (sulfide) groups is 1. The van der Waals surface area contributed by atoms with Crippen LogP contribution in [0.15, 0.2) is 48.6 Å². The molecule has 3 aromatic rings. The van der Waals surface area contributed by atoms with E-state index in [-0.39, 0.29) is 47.8 Å². The second kappa shape index (κ2) is 21.6. The quantitative estimate of drug-likeness (QED) is 0.0348. The SMILES string of the molecule is CC(C)(COP(=O)([O-])OP(=O)([O-])OC[C@H]1O[C@@H](n2cnc3c(N)ncnc32)[C@H](O)[C@@H]1OP(=O)([O-])[O-])[C@@H](O)C(=O)NCCC(=O)NCCSC(=O)/C(=C\c1ccccc1)CC(=O)[O-]. The first kappa shape index (κ1) is 50.6. The van der Waals surface area contributed by atoms with Gasteiger partial charge in [-0.15, -0.1) is 0 Å². The normalized spacial score (nSPS) is 20.9. The molecule has 1 aliphatic rings. The van der Waals surface area contributed by atoms with Gasteiger partial charge in [0.05, 0.1) is 27.4 Å². The predicted octanol–water partition coefficient (Wildman–Crippen LogP) is -3.64. The number of phosphoric acid groups is 3. The summed E-state index contributed by atoms with van der Waals surface area (Å²) >= 11 is 0.768. The molecule has 0 saturated carbocycles. The molecule has 3 heterocycles. The average Bonchev–Trinajstić information content (AvgIpc) is 3.74. The number of anilines is 1. The topological polar surface area (TPSA) is 415 Å². The van der Waals surface area contributed by atoms with Crippen LogP contribution in [0.4, 0.5) is 5.82 Å². The minimum atomic E-state index is -5.95. The van der Waals surface area contributed by atoms with Crippen LogP contribution in [-0.4, -0.2) is 109 Å². The van der Waals surface area contributed by atoms with Crippen LogP contribution in [-0.2, 0) is 55.5 Å². The zero-order valence-corrected chi connectivity index (χ0v) is 35.9. The van der Waals surface area contributed by atoms with Crippen molar-refractivity contribution in [2.45, 2.75) is 57.3 Å². The summed E-state index contributed by atoms with van der Waals surface area (Å²) < 4.78 is 60.6. The van der Waals surface area contributed by atoms with Crippen molar-refractivity contribution in [1.29, 1.82) is 0 Å². The third-order valence-corrected chi connectivity index (χ3v) is 12.4. The number of aromatic nitrogens is 4. The smallest absolute Gasteiger partial charge is 0.274 e. The molecule has 26 nitrogen and oxygen atoms in total. The van der Waals surface area contributed by atoms with Gasteiger partial charge in [0.15, 0.2) is 17.7 Å². The van der Waals surface area contributed by atoms with E-state index in [1.165, 1.54) is 6.08 Å². The number of nitrogens with zero attached hydrogens (tertiary/aromatic N) is 4. The summed E-state index contributed by atoms with van der Waals surface area (Å²) in [7, 11) is -17.7. The molecule has 6 N–H and O–H groups in total. The lowest BCUT2D eigenvalue weighted by Crippen LogP contribution is -2.46. The first-order valence-electron chi connectivity index (χ1n) is 17.8. The number of fused-ring (bicyclic) bond motifs is 1. The average molecular weight is 951 g/mol. The highest BCUT2D eigenvalue weighted by Gasteiger charge is 2.47. The number of hydrogen-bond acceptors (Lipinski definition) is 24. The highest BCUT2D eigenvalue weighted by atomic mass is 32.2. The minimum Gasteiger partial charge on any atom is -0.790 e. The molecule has 0 aliphatic carbocycles. The molecule has 2 amide bonds. The van der Waals surface area contributed by atoms with Crippen molar-refractivity contribution in [3.63, 3.8) is 0 Å². The number of nitrogens with one attached hydrogen (secondary N) is 2. The third-order valence-electron chi connectivity index (χ3n) is 8.45. The van der Waals surface area contributed by atoms with Gasteiger partial charge in [0.1, 0.15) is 36.3 Å². The summed E-state index contributed by atoms with van der Waals surface area (Å²) in [4.78, 5) is 108. The van der Waals surface area contributed by atoms with Crippen LogP contribution in [0.2, 0.25) is 0 Å². The van der Waals surface area contributed by atoms with Gasteiger partial charge in [0.2, 0.25) is 16.9 Å². The van der Waals surface area contributed by atoms with Crippen LogP contribution in [0.1, 0.15) is 38.5 Å². The lowest BCUT2D eigenvalue weighted by atomic mass is 9.87.